The molecular weight excluding hydrogens is 417 g/mol. The van der Waals surface area contributed by atoms with E-state index >= 15 is 0 Å². The minimum absolute atomic E-state index is 0.102. The molecule has 1 amide bonds. The highest BCUT2D eigenvalue weighted by atomic mass is 19.1. The first-order valence-electron chi connectivity index (χ1n) is 10.4. The Kier molecular flexibility index (Phi) is 8.68. The number of aliphatic hydroxyl groups is 2. The highest BCUT2D eigenvalue weighted by molar-refractivity contribution is 5.95. The van der Waals surface area contributed by atoms with E-state index in [0.29, 0.717) is 16.9 Å². The van der Waals surface area contributed by atoms with E-state index in [4.69, 9.17) is 5.11 Å². The average Bonchev–Trinajstić information content (AvgIpc) is 3.05. The van der Waals surface area contributed by atoms with E-state index in [2.05, 4.69) is 10.4 Å². The summed E-state index contributed by atoms with van der Waals surface area (Å²) in [7, 11) is 0. The Balaban J connectivity index is 2.51. The lowest BCUT2D eigenvalue weighted by molar-refractivity contribution is -0.139. The molecule has 0 fully saturated rings. The minimum atomic E-state index is -1.20. The van der Waals surface area contributed by atoms with Gasteiger partial charge in [0.2, 0.25) is 0 Å². The minimum Gasteiger partial charge on any atom is -0.481 e. The van der Waals surface area contributed by atoms with Crippen molar-refractivity contribution in [3.63, 3.8) is 0 Å². The summed E-state index contributed by atoms with van der Waals surface area (Å²) in [5.41, 5.74) is 1.91. The molecule has 4 N–H and O–H groups in total. The van der Waals surface area contributed by atoms with Crippen LogP contribution in [-0.2, 0) is 4.79 Å². The van der Waals surface area contributed by atoms with Crippen LogP contribution in [0.3, 0.4) is 0 Å². The molecule has 2 rings (SSSR count). The van der Waals surface area contributed by atoms with Gasteiger partial charge in [0.1, 0.15) is 5.82 Å². The van der Waals surface area contributed by atoms with Gasteiger partial charge in [-0.05, 0) is 50.1 Å². The summed E-state index contributed by atoms with van der Waals surface area (Å²) < 4.78 is 14.9. The second kappa shape index (κ2) is 11.0. The molecule has 0 unspecified atom stereocenters. The van der Waals surface area contributed by atoms with Crippen LogP contribution in [0.2, 0.25) is 0 Å². The van der Waals surface area contributed by atoms with E-state index in [1.54, 1.807) is 6.08 Å². The van der Waals surface area contributed by atoms with Crippen LogP contribution in [0.25, 0.3) is 11.8 Å². The summed E-state index contributed by atoms with van der Waals surface area (Å²) in [5.74, 6) is -2.03. The number of aliphatic hydroxyl groups excluding tert-OH is 2. The Morgan fingerprint density at radius 1 is 1.16 bits per heavy atom. The van der Waals surface area contributed by atoms with Crippen LogP contribution in [0.4, 0.5) is 4.39 Å². The molecule has 174 valence electrons. The van der Waals surface area contributed by atoms with Gasteiger partial charge in [-0.15, -0.1) is 0 Å². The quantitative estimate of drug-likeness (QED) is 0.444. The summed E-state index contributed by atoms with van der Waals surface area (Å²) in [6.45, 7) is 7.48. The Morgan fingerprint density at radius 2 is 1.78 bits per heavy atom. The molecule has 0 aliphatic heterocycles. The molecule has 0 spiro atoms. The largest absolute Gasteiger partial charge is 0.481 e. The summed E-state index contributed by atoms with van der Waals surface area (Å²) in [5, 5.41) is 36.1. The maximum Gasteiger partial charge on any atom is 0.305 e. The van der Waals surface area contributed by atoms with Crippen LogP contribution in [0.15, 0.2) is 30.3 Å². The third kappa shape index (κ3) is 6.73. The van der Waals surface area contributed by atoms with E-state index in [0.717, 1.165) is 0 Å². The van der Waals surface area contributed by atoms with Crippen LogP contribution >= 0.6 is 0 Å². The summed E-state index contributed by atoms with van der Waals surface area (Å²) in [4.78, 5) is 23.5. The molecular formula is C23H30FN3O5. The van der Waals surface area contributed by atoms with Crippen molar-refractivity contribution < 1.29 is 29.3 Å². The number of carboxylic acids is 1. The van der Waals surface area contributed by atoms with Crippen molar-refractivity contribution in [2.75, 3.05) is 0 Å². The number of nitrogens with one attached hydrogen (secondary N) is 1. The fourth-order valence-electron chi connectivity index (χ4n) is 3.29. The Bertz CT molecular complexity index is 967. The molecule has 8 nitrogen and oxygen atoms in total. The van der Waals surface area contributed by atoms with Crippen molar-refractivity contribution in [3.05, 3.63) is 53.1 Å². The fraction of sp³-hybridized carbons (Fsp3) is 0.435. The monoisotopic (exact) mass is 447 g/mol. The van der Waals surface area contributed by atoms with E-state index in [-0.39, 0.29) is 30.0 Å². The number of halogens is 1. The SMILES string of the molecule is CC(C)NC(=O)c1nn(-c2ccc(F)cc2)c(C=C[C@H](O)C[C@@H](O)CC(=O)O)c1C(C)C. The summed E-state index contributed by atoms with van der Waals surface area (Å²) in [6.07, 6.45) is 0.0362. The number of carboxylic acid groups (broad SMARTS) is 1. The van der Waals surface area contributed by atoms with Crippen LogP contribution in [-0.4, -0.2) is 55.2 Å². The topological polar surface area (TPSA) is 125 Å². The number of amides is 1. The molecule has 9 heteroatoms. The number of aromatic nitrogens is 2. The van der Waals surface area contributed by atoms with Gasteiger partial charge in [-0.1, -0.05) is 19.9 Å². The van der Waals surface area contributed by atoms with E-state index in [9.17, 15) is 24.2 Å². The highest BCUT2D eigenvalue weighted by Crippen LogP contribution is 2.28. The molecule has 2 aromatic rings. The van der Waals surface area contributed by atoms with Gasteiger partial charge in [-0.3, -0.25) is 9.59 Å². The van der Waals surface area contributed by atoms with E-state index in [1.807, 2.05) is 27.7 Å². The van der Waals surface area contributed by atoms with Crippen molar-refractivity contribution >= 4 is 18.0 Å². The average molecular weight is 448 g/mol. The Labute approximate surface area is 186 Å². The molecule has 0 radical (unpaired) electrons. The van der Waals surface area contributed by atoms with Gasteiger partial charge in [-0.2, -0.15) is 5.10 Å². The lowest BCUT2D eigenvalue weighted by atomic mass is 9.98. The molecule has 0 aliphatic carbocycles. The van der Waals surface area contributed by atoms with Gasteiger partial charge < -0.3 is 20.6 Å². The van der Waals surface area contributed by atoms with Crippen molar-refractivity contribution in [2.45, 2.75) is 64.7 Å². The van der Waals surface area contributed by atoms with Crippen LogP contribution in [0, 0.1) is 5.82 Å². The van der Waals surface area contributed by atoms with Gasteiger partial charge in [0.05, 0.1) is 30.0 Å². The van der Waals surface area contributed by atoms with Crippen LogP contribution in [0.5, 0.6) is 0 Å². The number of carbonyl (C=O) groups is 2. The maximum atomic E-state index is 13.4. The predicted octanol–water partition coefficient (Wildman–Crippen LogP) is 2.87. The Hall–Kier alpha value is -3.04. The third-order valence-corrected chi connectivity index (χ3v) is 4.64. The van der Waals surface area contributed by atoms with Crippen molar-refractivity contribution in [3.8, 4) is 5.69 Å². The number of rotatable bonds is 10. The van der Waals surface area contributed by atoms with Crippen LogP contribution in [0.1, 0.15) is 68.2 Å². The predicted molar refractivity (Wildman–Crippen MR) is 118 cm³/mol. The fourth-order valence-corrected chi connectivity index (χ4v) is 3.29. The number of nitrogens with zero attached hydrogens (tertiary/aromatic N) is 2. The van der Waals surface area contributed by atoms with Gasteiger partial charge in [-0.25, -0.2) is 9.07 Å². The lowest BCUT2D eigenvalue weighted by Crippen LogP contribution is -2.31. The van der Waals surface area contributed by atoms with Gasteiger partial charge in [0, 0.05) is 18.0 Å². The Morgan fingerprint density at radius 3 is 2.31 bits per heavy atom. The molecule has 1 aromatic heterocycles. The first-order valence-corrected chi connectivity index (χ1v) is 10.4. The number of hydrogen-bond donors (Lipinski definition) is 4. The molecule has 0 bridgehead atoms. The molecule has 0 aliphatic rings. The van der Waals surface area contributed by atoms with Gasteiger partial charge in [0.25, 0.3) is 5.91 Å². The zero-order valence-electron chi connectivity index (χ0n) is 18.6. The number of hydrogen-bond acceptors (Lipinski definition) is 5. The molecule has 0 saturated carbocycles. The molecule has 1 heterocycles. The first kappa shape index (κ1) is 25.2. The third-order valence-electron chi connectivity index (χ3n) is 4.64. The lowest BCUT2D eigenvalue weighted by Gasteiger charge is -2.12. The number of aliphatic carboxylic acids is 1. The van der Waals surface area contributed by atoms with Gasteiger partial charge >= 0.3 is 5.97 Å². The summed E-state index contributed by atoms with van der Waals surface area (Å²) in [6, 6.07) is 5.52. The zero-order valence-corrected chi connectivity index (χ0v) is 18.6. The molecule has 1 aromatic carbocycles. The van der Waals surface area contributed by atoms with Crippen molar-refractivity contribution in [1.29, 1.82) is 0 Å². The van der Waals surface area contributed by atoms with E-state index < -0.39 is 30.4 Å². The maximum absolute atomic E-state index is 13.4. The van der Waals surface area contributed by atoms with Crippen LogP contribution < -0.4 is 5.32 Å². The second-order valence-corrected chi connectivity index (χ2v) is 8.23. The smallest absolute Gasteiger partial charge is 0.305 e. The highest BCUT2D eigenvalue weighted by Gasteiger charge is 2.25. The van der Waals surface area contributed by atoms with Crippen molar-refractivity contribution in [2.24, 2.45) is 0 Å². The number of carbonyl (C=O) groups excluding carboxylic acids is 1. The number of benzene rings is 1. The standard InChI is InChI=1S/C23H30FN3O5/c1-13(2)21-19(10-9-17(28)11-18(29)12-20(30)31)27(16-7-5-15(24)6-8-16)26-22(21)23(32)25-14(3)4/h5-10,13-14,17-18,28-29H,11-12H2,1-4H3,(H,25,32)(H,30,31)/t17-,18+/m0/s1. The zero-order chi connectivity index (χ0) is 24.0. The van der Waals surface area contributed by atoms with Crippen molar-refractivity contribution in [1.82, 2.24) is 15.1 Å². The normalized spacial score (nSPS) is 13.7. The second-order valence-electron chi connectivity index (χ2n) is 8.23. The molecule has 32 heavy (non-hydrogen) atoms. The molecule has 0 saturated heterocycles. The molecule has 2 atom stereocenters. The van der Waals surface area contributed by atoms with Gasteiger partial charge in [0.15, 0.2) is 5.69 Å². The first-order chi connectivity index (χ1) is 15.0. The van der Waals surface area contributed by atoms with E-state index in [1.165, 1.54) is 35.0 Å². The summed E-state index contributed by atoms with van der Waals surface area (Å²) >= 11 is 0.